The lowest BCUT2D eigenvalue weighted by Crippen LogP contribution is -2.09. The van der Waals surface area contributed by atoms with Crippen molar-refractivity contribution in [1.29, 1.82) is 0 Å². The van der Waals surface area contributed by atoms with E-state index in [1.165, 1.54) is 0 Å². The number of hydrogen-bond donors (Lipinski definition) is 1. The highest BCUT2D eigenvalue weighted by Crippen LogP contribution is 2.28. The molecule has 0 bridgehead atoms. The lowest BCUT2D eigenvalue weighted by molar-refractivity contribution is 0.119. The molecule has 1 aliphatic rings. The minimum atomic E-state index is -0.0584. The van der Waals surface area contributed by atoms with Gasteiger partial charge in [0, 0.05) is 48.1 Å². The van der Waals surface area contributed by atoms with Gasteiger partial charge in [-0.3, -0.25) is 4.99 Å². The van der Waals surface area contributed by atoms with E-state index < -0.39 is 0 Å². The molecule has 1 aliphatic carbocycles. The Morgan fingerprint density at radius 1 is 1.19 bits per heavy atom. The molecule has 1 N–H and O–H groups in total. The van der Waals surface area contributed by atoms with Gasteiger partial charge in [-0.1, -0.05) is 96.1 Å². The summed E-state index contributed by atoms with van der Waals surface area (Å²) >= 11 is 12.6. The molecule has 0 spiro atoms. The van der Waals surface area contributed by atoms with Gasteiger partial charge < -0.3 is 9.64 Å². The highest BCUT2D eigenvalue weighted by Gasteiger charge is 2.09. The van der Waals surface area contributed by atoms with Crippen LogP contribution in [0.4, 0.5) is 0 Å². The van der Waals surface area contributed by atoms with E-state index in [-0.39, 0.29) is 12.0 Å². The van der Waals surface area contributed by atoms with E-state index in [1.807, 2.05) is 74.5 Å². The van der Waals surface area contributed by atoms with Crippen LogP contribution in [0.5, 0.6) is 0 Å². The van der Waals surface area contributed by atoms with E-state index in [1.54, 1.807) is 12.3 Å². The predicted octanol–water partition coefficient (Wildman–Crippen LogP) is 9.57. The molecule has 1 aromatic heterocycles. The second-order valence-corrected chi connectivity index (χ2v) is 11.7. The van der Waals surface area contributed by atoms with Crippen LogP contribution in [0, 0.1) is 5.92 Å². The Hall–Kier alpha value is -4.30. The first-order valence-electron chi connectivity index (χ1n) is 15.6. The monoisotopic (exact) mass is 670 g/mol. The fraction of sp³-hybridized carbons (Fsp3) is 0.263. The second-order valence-electron chi connectivity index (χ2n) is 10.8. The Morgan fingerprint density at radius 3 is 2.70 bits per heavy atom. The molecule has 0 aliphatic heterocycles. The number of tetrazole rings is 1. The first-order chi connectivity index (χ1) is 22.7. The maximum atomic E-state index is 6.46. The maximum Gasteiger partial charge on any atom is 0.200 e. The highest BCUT2D eigenvalue weighted by atomic mass is 35.5. The Labute approximate surface area is 289 Å². The van der Waals surface area contributed by atoms with Crippen LogP contribution in [0.1, 0.15) is 45.5 Å². The molecule has 1 heterocycles. The second kappa shape index (κ2) is 20.0. The number of aromatic nitrogens is 4. The SMILES string of the molecule is C=CC(C=C/C=C(C)/C(/C=C\C(C)OCC1=CC=C(c2nn[nH]n2)CC=C1)=C/C)/C=C/C=N\C(=C/N(C)CC)c1ccc(Cl)cc1Cl. The van der Waals surface area contributed by atoms with Gasteiger partial charge in [-0.25, -0.2) is 0 Å². The van der Waals surface area contributed by atoms with Crippen molar-refractivity contribution in [2.24, 2.45) is 10.9 Å². The highest BCUT2D eigenvalue weighted by molar-refractivity contribution is 6.35. The molecule has 246 valence electrons. The van der Waals surface area contributed by atoms with Crippen molar-refractivity contribution in [3.8, 4) is 0 Å². The van der Waals surface area contributed by atoms with E-state index >= 15 is 0 Å². The summed E-state index contributed by atoms with van der Waals surface area (Å²) in [6.07, 6.45) is 31.0. The Bertz CT molecular complexity index is 1640. The summed E-state index contributed by atoms with van der Waals surface area (Å²) in [5, 5.41) is 15.4. The summed E-state index contributed by atoms with van der Waals surface area (Å²) in [5.41, 5.74) is 5.93. The van der Waals surface area contributed by atoms with Gasteiger partial charge in [0.15, 0.2) is 0 Å². The number of aliphatic imine (C=N–C) groups is 1. The van der Waals surface area contributed by atoms with Crippen molar-refractivity contribution in [3.63, 3.8) is 0 Å². The Balaban J connectivity index is 1.56. The summed E-state index contributed by atoms with van der Waals surface area (Å²) in [4.78, 5) is 6.73. The molecule has 0 amide bonds. The molecule has 7 nitrogen and oxygen atoms in total. The minimum Gasteiger partial charge on any atom is -0.379 e. The molecule has 2 atom stereocenters. The molecular weight excluding hydrogens is 627 g/mol. The van der Waals surface area contributed by atoms with Crippen molar-refractivity contribution in [2.45, 2.75) is 40.2 Å². The summed E-state index contributed by atoms with van der Waals surface area (Å²) in [6, 6.07) is 5.42. The number of hydrogen-bond acceptors (Lipinski definition) is 6. The molecule has 0 radical (unpaired) electrons. The number of nitrogens with zero attached hydrogens (tertiary/aromatic N) is 5. The standard InChI is InChI=1S/C38H44Cl2N6O/c1-7-30(16-12-24-41-37(26-46(6)9-3)35-23-22-34(39)25-36(35)40)14-10-13-28(4)32(8-2)20-18-29(5)47-27-31-15-11-17-33(21-19-31)38-42-44-45-43-38/h7-8,10-16,18-26,29-30H,1,9,17,27H2,2-6H3,(H,42,43,44,45)/b14-10?,16-12+,20-18-,28-13+,32-8+,37-26-,41-24-. The van der Waals surface area contributed by atoms with Crippen LogP contribution in [0.3, 0.4) is 0 Å². The Morgan fingerprint density at radius 2 is 2.00 bits per heavy atom. The smallest absolute Gasteiger partial charge is 0.200 e. The molecule has 2 aromatic rings. The number of H-pyrrole nitrogens is 1. The number of aromatic amines is 1. The molecule has 0 saturated heterocycles. The van der Waals surface area contributed by atoms with Gasteiger partial charge in [0.05, 0.1) is 23.4 Å². The fourth-order valence-corrected chi connectivity index (χ4v) is 4.83. The lowest BCUT2D eigenvalue weighted by atomic mass is 10.0. The average Bonchev–Trinajstić information content (AvgIpc) is 3.50. The molecule has 47 heavy (non-hydrogen) atoms. The van der Waals surface area contributed by atoms with Gasteiger partial charge in [-0.05, 0) is 80.3 Å². The molecule has 1 aromatic carbocycles. The number of ether oxygens (including phenoxy) is 1. The fourth-order valence-electron chi connectivity index (χ4n) is 4.32. The van der Waals surface area contributed by atoms with Crippen LogP contribution >= 0.6 is 23.2 Å². The van der Waals surface area contributed by atoms with Crippen molar-refractivity contribution in [2.75, 3.05) is 20.2 Å². The number of benzene rings is 1. The van der Waals surface area contributed by atoms with E-state index in [0.29, 0.717) is 22.5 Å². The number of allylic oxidation sites excluding steroid dienone is 14. The summed E-state index contributed by atoms with van der Waals surface area (Å²) in [6.45, 7) is 13.6. The van der Waals surface area contributed by atoms with E-state index in [9.17, 15) is 0 Å². The lowest BCUT2D eigenvalue weighted by Gasteiger charge is -2.13. The zero-order chi connectivity index (χ0) is 34.0. The molecule has 0 saturated carbocycles. The molecular formula is C38H44Cl2N6O. The van der Waals surface area contributed by atoms with Crippen molar-refractivity contribution in [1.82, 2.24) is 25.5 Å². The Kier molecular flexibility index (Phi) is 15.9. The van der Waals surface area contributed by atoms with Gasteiger partial charge in [0.1, 0.15) is 0 Å². The molecule has 0 fully saturated rings. The third-order valence-corrected chi connectivity index (χ3v) is 7.81. The number of rotatable bonds is 16. The van der Waals surface area contributed by atoms with Crippen LogP contribution in [-0.2, 0) is 4.74 Å². The largest absolute Gasteiger partial charge is 0.379 e. The molecule has 2 unspecified atom stereocenters. The van der Waals surface area contributed by atoms with Gasteiger partial charge in [0.25, 0.3) is 0 Å². The normalized spacial score (nSPS) is 16.3. The van der Waals surface area contributed by atoms with Gasteiger partial charge >= 0.3 is 0 Å². The minimum absolute atomic E-state index is 0.0406. The van der Waals surface area contributed by atoms with Crippen molar-refractivity contribution < 1.29 is 4.74 Å². The summed E-state index contributed by atoms with van der Waals surface area (Å²) in [5.74, 6) is 0.654. The first kappa shape index (κ1) is 37.2. The van der Waals surface area contributed by atoms with Crippen LogP contribution in [-0.4, -0.2) is 58.0 Å². The van der Waals surface area contributed by atoms with Crippen LogP contribution in [0.15, 0.2) is 132 Å². The zero-order valence-corrected chi connectivity index (χ0v) is 29.3. The van der Waals surface area contributed by atoms with Crippen LogP contribution in [0.25, 0.3) is 11.3 Å². The third-order valence-electron chi connectivity index (χ3n) is 7.26. The third kappa shape index (κ3) is 12.8. The summed E-state index contributed by atoms with van der Waals surface area (Å²) in [7, 11) is 2.00. The van der Waals surface area contributed by atoms with E-state index in [4.69, 9.17) is 27.9 Å². The number of halogens is 2. The predicted molar refractivity (Wildman–Crippen MR) is 199 cm³/mol. The van der Waals surface area contributed by atoms with Crippen LogP contribution < -0.4 is 0 Å². The van der Waals surface area contributed by atoms with Crippen molar-refractivity contribution >= 4 is 40.7 Å². The molecule has 9 heteroatoms. The average molecular weight is 672 g/mol. The first-order valence-corrected chi connectivity index (χ1v) is 16.3. The van der Waals surface area contributed by atoms with Gasteiger partial charge in [-0.2, -0.15) is 5.21 Å². The quantitative estimate of drug-likeness (QED) is 0.109. The van der Waals surface area contributed by atoms with E-state index in [0.717, 1.165) is 46.5 Å². The zero-order valence-electron chi connectivity index (χ0n) is 27.8. The molecule has 3 rings (SSSR count). The van der Waals surface area contributed by atoms with Gasteiger partial charge in [0.2, 0.25) is 5.82 Å². The number of nitrogens with one attached hydrogen (secondary N) is 1. The van der Waals surface area contributed by atoms with Crippen LogP contribution in [0.2, 0.25) is 10.0 Å². The van der Waals surface area contributed by atoms with Gasteiger partial charge in [-0.15, -0.1) is 16.8 Å². The van der Waals surface area contributed by atoms with E-state index in [2.05, 4.69) is 94.7 Å². The maximum absolute atomic E-state index is 6.46. The summed E-state index contributed by atoms with van der Waals surface area (Å²) < 4.78 is 6.09. The topological polar surface area (TPSA) is 79.3 Å². The van der Waals surface area contributed by atoms with Crippen molar-refractivity contribution in [3.05, 3.63) is 148 Å².